The Morgan fingerprint density at radius 3 is 2.36 bits per heavy atom. The second kappa shape index (κ2) is 9.45. The molecule has 0 heterocycles. The molecule has 0 aliphatic carbocycles. The number of benzene rings is 2. The van der Waals surface area contributed by atoms with Gasteiger partial charge in [-0.15, -0.1) is 0 Å². The molecule has 0 aromatic heterocycles. The van der Waals surface area contributed by atoms with Gasteiger partial charge in [-0.3, -0.25) is 0 Å². The van der Waals surface area contributed by atoms with Crippen molar-refractivity contribution < 1.29 is 37.0 Å². The molecule has 2 aromatic carbocycles. The van der Waals surface area contributed by atoms with Gasteiger partial charge in [0.1, 0.15) is 5.75 Å². The van der Waals surface area contributed by atoms with Gasteiger partial charge in [0.25, 0.3) is 0 Å². The zero-order valence-electron chi connectivity index (χ0n) is 14.7. The highest BCUT2D eigenvalue weighted by Crippen LogP contribution is 2.33. The average Bonchev–Trinajstić information content (AvgIpc) is 2.65. The lowest BCUT2D eigenvalue weighted by molar-refractivity contribution is -0.163. The van der Waals surface area contributed by atoms with E-state index < -0.39 is 36.4 Å². The molecule has 0 aliphatic heterocycles. The maximum absolute atomic E-state index is 12.9. The lowest BCUT2D eigenvalue weighted by Crippen LogP contribution is -2.25. The van der Waals surface area contributed by atoms with Crippen LogP contribution in [-0.4, -0.2) is 25.2 Å². The van der Waals surface area contributed by atoms with Gasteiger partial charge in [0, 0.05) is 10.6 Å². The van der Waals surface area contributed by atoms with Crippen LogP contribution in [0.25, 0.3) is 0 Å². The fraction of sp³-hybridized carbons (Fsp3) is 0.263. The van der Waals surface area contributed by atoms with Gasteiger partial charge in [0.15, 0.2) is 6.61 Å². The van der Waals surface area contributed by atoms with Gasteiger partial charge in [0.2, 0.25) is 6.10 Å². The van der Waals surface area contributed by atoms with Gasteiger partial charge in [-0.25, -0.2) is 9.59 Å². The molecule has 0 fully saturated rings. The third kappa shape index (κ3) is 6.16. The first-order valence-corrected chi connectivity index (χ1v) is 8.50. The predicted molar refractivity (Wildman–Crippen MR) is 93.9 cm³/mol. The Hall–Kier alpha value is -2.74. The van der Waals surface area contributed by atoms with Crippen LogP contribution < -0.4 is 4.74 Å². The number of hydrogen-bond acceptors (Lipinski definition) is 5. The van der Waals surface area contributed by atoms with E-state index >= 15 is 0 Å². The van der Waals surface area contributed by atoms with Crippen molar-refractivity contribution in [2.24, 2.45) is 0 Å². The van der Waals surface area contributed by atoms with Crippen molar-refractivity contribution in [1.82, 2.24) is 0 Å². The number of halogens is 4. The molecule has 150 valence electrons. The third-order valence-corrected chi connectivity index (χ3v) is 3.69. The van der Waals surface area contributed by atoms with E-state index in [4.69, 9.17) is 21.1 Å². The normalized spacial score (nSPS) is 12.2. The van der Waals surface area contributed by atoms with Gasteiger partial charge in [-0.05, 0) is 37.3 Å². The third-order valence-electron chi connectivity index (χ3n) is 3.44. The highest BCUT2D eigenvalue weighted by Gasteiger charge is 2.31. The summed E-state index contributed by atoms with van der Waals surface area (Å²) in [5.74, 6) is -1.92. The molecular formula is C19H16ClF3O5. The molecule has 0 bridgehead atoms. The van der Waals surface area contributed by atoms with Crippen molar-refractivity contribution >= 4 is 23.5 Å². The van der Waals surface area contributed by atoms with Crippen LogP contribution in [-0.2, 0) is 25.2 Å². The molecule has 0 radical (unpaired) electrons. The molecule has 0 saturated heterocycles. The summed E-state index contributed by atoms with van der Waals surface area (Å²) in [6.45, 7) is 1.05. The van der Waals surface area contributed by atoms with E-state index in [-0.39, 0.29) is 17.9 Å². The monoisotopic (exact) mass is 416 g/mol. The fourth-order valence-electron chi connectivity index (χ4n) is 2.18. The van der Waals surface area contributed by atoms with Crippen LogP contribution in [0.1, 0.15) is 24.2 Å². The number of ether oxygens (including phenoxy) is 3. The number of carbonyl (C=O) groups is 2. The summed E-state index contributed by atoms with van der Waals surface area (Å²) in [6, 6.07) is 9.97. The molecule has 2 rings (SSSR count). The summed E-state index contributed by atoms with van der Waals surface area (Å²) in [4.78, 5) is 23.8. The van der Waals surface area contributed by atoms with Crippen LogP contribution >= 0.6 is 11.6 Å². The smallest absolute Gasteiger partial charge is 0.416 e. The maximum atomic E-state index is 12.9. The summed E-state index contributed by atoms with van der Waals surface area (Å²) in [6.07, 6.45) is -5.98. The van der Waals surface area contributed by atoms with Gasteiger partial charge in [0.05, 0.1) is 12.2 Å². The Kier molecular flexibility index (Phi) is 7.28. The number of esters is 2. The SMILES string of the molecule is CCOC(=O)COC(=O)C(Oc1cccc(C(F)(F)F)c1)c1ccc(Cl)cc1. The Morgan fingerprint density at radius 2 is 1.75 bits per heavy atom. The number of alkyl halides is 3. The highest BCUT2D eigenvalue weighted by molar-refractivity contribution is 6.30. The van der Waals surface area contributed by atoms with Gasteiger partial charge >= 0.3 is 18.1 Å². The van der Waals surface area contributed by atoms with Crippen LogP contribution in [0.2, 0.25) is 5.02 Å². The zero-order valence-corrected chi connectivity index (χ0v) is 15.4. The molecule has 1 atom stereocenters. The lowest BCUT2D eigenvalue weighted by Gasteiger charge is -2.19. The Labute approximate surface area is 164 Å². The quantitative estimate of drug-likeness (QED) is 0.618. The van der Waals surface area contributed by atoms with E-state index in [1.807, 2.05) is 0 Å². The van der Waals surface area contributed by atoms with E-state index in [1.54, 1.807) is 6.92 Å². The number of carbonyl (C=O) groups excluding carboxylic acids is 2. The van der Waals surface area contributed by atoms with E-state index in [0.717, 1.165) is 18.2 Å². The van der Waals surface area contributed by atoms with Crippen LogP contribution in [0, 0.1) is 0 Å². The van der Waals surface area contributed by atoms with Crippen LogP contribution in [0.4, 0.5) is 13.2 Å². The molecule has 28 heavy (non-hydrogen) atoms. The predicted octanol–water partition coefficient (Wildman–Crippen LogP) is 4.59. The van der Waals surface area contributed by atoms with Crippen LogP contribution in [0.5, 0.6) is 5.75 Å². The summed E-state index contributed by atoms with van der Waals surface area (Å²) in [5.41, 5.74) is -0.643. The molecule has 0 aliphatic rings. The molecule has 1 unspecified atom stereocenters. The van der Waals surface area contributed by atoms with Gasteiger partial charge in [-0.1, -0.05) is 29.8 Å². The van der Waals surface area contributed by atoms with Crippen molar-refractivity contribution in [3.05, 3.63) is 64.7 Å². The molecule has 2 aromatic rings. The summed E-state index contributed by atoms with van der Waals surface area (Å²) in [7, 11) is 0. The van der Waals surface area contributed by atoms with Crippen LogP contribution in [0.3, 0.4) is 0 Å². The minimum atomic E-state index is -4.57. The number of hydrogen-bond donors (Lipinski definition) is 0. The highest BCUT2D eigenvalue weighted by atomic mass is 35.5. The topological polar surface area (TPSA) is 61.8 Å². The first-order valence-electron chi connectivity index (χ1n) is 8.12. The first-order chi connectivity index (χ1) is 13.2. The summed E-state index contributed by atoms with van der Waals surface area (Å²) >= 11 is 5.82. The minimum absolute atomic E-state index is 0.109. The Balaban J connectivity index is 2.25. The molecule has 5 nitrogen and oxygen atoms in total. The van der Waals surface area contributed by atoms with Crippen molar-refractivity contribution in [2.45, 2.75) is 19.2 Å². The second-order valence-corrected chi connectivity index (χ2v) is 5.92. The van der Waals surface area contributed by atoms with Gasteiger partial charge in [-0.2, -0.15) is 13.2 Å². The Morgan fingerprint density at radius 1 is 1.07 bits per heavy atom. The standard InChI is InChI=1S/C19H16ClF3O5/c1-2-26-16(24)11-27-18(25)17(12-6-8-14(20)9-7-12)28-15-5-3-4-13(10-15)19(21,22)23/h3-10,17H,2,11H2,1H3. The van der Waals surface area contributed by atoms with Crippen molar-refractivity contribution in [3.8, 4) is 5.75 Å². The molecule has 0 spiro atoms. The van der Waals surface area contributed by atoms with Crippen molar-refractivity contribution in [3.63, 3.8) is 0 Å². The first kappa shape index (κ1) is 21.6. The van der Waals surface area contributed by atoms with E-state index in [1.165, 1.54) is 30.3 Å². The molecule has 9 heteroatoms. The average molecular weight is 417 g/mol. The Bertz CT molecular complexity index is 821. The molecular weight excluding hydrogens is 401 g/mol. The maximum Gasteiger partial charge on any atom is 0.416 e. The van der Waals surface area contributed by atoms with Crippen LogP contribution in [0.15, 0.2) is 48.5 Å². The van der Waals surface area contributed by atoms with Gasteiger partial charge < -0.3 is 14.2 Å². The molecule has 0 saturated carbocycles. The summed E-state index contributed by atoms with van der Waals surface area (Å²) < 4.78 is 53.7. The zero-order chi connectivity index (χ0) is 20.7. The largest absolute Gasteiger partial charge is 0.474 e. The minimum Gasteiger partial charge on any atom is -0.474 e. The molecule has 0 N–H and O–H groups in total. The second-order valence-electron chi connectivity index (χ2n) is 5.49. The number of rotatable bonds is 7. The fourth-order valence-corrected chi connectivity index (χ4v) is 2.31. The molecule has 0 amide bonds. The lowest BCUT2D eigenvalue weighted by atomic mass is 10.1. The van der Waals surface area contributed by atoms with E-state index in [9.17, 15) is 22.8 Å². The summed E-state index contributed by atoms with van der Waals surface area (Å²) in [5, 5.41) is 0.390. The van der Waals surface area contributed by atoms with E-state index in [0.29, 0.717) is 5.02 Å². The van der Waals surface area contributed by atoms with Crippen molar-refractivity contribution in [1.29, 1.82) is 0 Å². The van der Waals surface area contributed by atoms with E-state index in [2.05, 4.69) is 4.74 Å². The van der Waals surface area contributed by atoms with Crippen molar-refractivity contribution in [2.75, 3.05) is 13.2 Å².